The topological polar surface area (TPSA) is 42.8 Å². The lowest BCUT2D eigenvalue weighted by atomic mass is 9.89. The van der Waals surface area contributed by atoms with E-state index in [0.29, 0.717) is 6.54 Å². The number of carbonyl (C=O) groups is 1. The van der Waals surface area contributed by atoms with Crippen molar-refractivity contribution in [1.29, 1.82) is 0 Å². The first-order valence-electron chi connectivity index (χ1n) is 9.41. The Morgan fingerprint density at radius 2 is 1.88 bits per heavy atom. The van der Waals surface area contributed by atoms with Crippen molar-refractivity contribution in [2.45, 2.75) is 64.7 Å². The van der Waals surface area contributed by atoms with Crippen LogP contribution in [0.3, 0.4) is 0 Å². The minimum Gasteiger partial charge on any atom is -0.364 e. The maximum Gasteiger partial charge on any atom is 0.275 e. The van der Waals surface area contributed by atoms with Gasteiger partial charge in [0, 0.05) is 0 Å². The summed E-state index contributed by atoms with van der Waals surface area (Å²) in [6.45, 7) is 8.61. The van der Waals surface area contributed by atoms with Crippen LogP contribution in [-0.2, 0) is 22.4 Å². The second-order valence-electron chi connectivity index (χ2n) is 7.62. The van der Waals surface area contributed by atoms with E-state index in [9.17, 15) is 4.79 Å². The van der Waals surface area contributed by atoms with Gasteiger partial charge in [-0.15, -0.1) is 0 Å². The SMILES string of the molecule is C[C@H](NC(=O)C[NH+]1C[C@H](C)O[C@@H](C)C1)c1ccc2c(c1)CCCC2. The average Bonchev–Trinajstić information content (AvgIpc) is 2.53. The van der Waals surface area contributed by atoms with Crippen molar-refractivity contribution in [1.82, 2.24) is 5.32 Å². The van der Waals surface area contributed by atoms with Gasteiger partial charge in [0.05, 0.1) is 6.04 Å². The Bertz CT molecular complexity index is 577. The van der Waals surface area contributed by atoms with Crippen molar-refractivity contribution in [3.8, 4) is 0 Å². The molecule has 1 amide bonds. The molecule has 0 aromatic heterocycles. The van der Waals surface area contributed by atoms with Crippen LogP contribution in [0.15, 0.2) is 18.2 Å². The van der Waals surface area contributed by atoms with Crippen LogP contribution in [0.5, 0.6) is 0 Å². The van der Waals surface area contributed by atoms with E-state index in [0.717, 1.165) is 13.1 Å². The lowest BCUT2D eigenvalue weighted by Gasteiger charge is -2.32. The summed E-state index contributed by atoms with van der Waals surface area (Å²) in [6, 6.07) is 6.80. The van der Waals surface area contributed by atoms with Gasteiger partial charge in [-0.2, -0.15) is 0 Å². The van der Waals surface area contributed by atoms with Crippen LogP contribution in [0.2, 0.25) is 0 Å². The Morgan fingerprint density at radius 1 is 1.21 bits per heavy atom. The Kier molecular flexibility index (Phi) is 5.57. The van der Waals surface area contributed by atoms with Gasteiger partial charge in [0.25, 0.3) is 5.91 Å². The fraction of sp³-hybridized carbons (Fsp3) is 0.650. The van der Waals surface area contributed by atoms with E-state index >= 15 is 0 Å². The summed E-state index contributed by atoms with van der Waals surface area (Å²) in [5.74, 6) is 0.136. The molecule has 2 aliphatic rings. The van der Waals surface area contributed by atoms with E-state index in [1.165, 1.54) is 47.3 Å². The zero-order valence-corrected chi connectivity index (χ0v) is 15.2. The van der Waals surface area contributed by atoms with Crippen molar-refractivity contribution in [3.63, 3.8) is 0 Å². The van der Waals surface area contributed by atoms with Crippen molar-refractivity contribution in [2.24, 2.45) is 0 Å². The van der Waals surface area contributed by atoms with Crippen LogP contribution in [0.1, 0.15) is 56.3 Å². The molecule has 1 heterocycles. The molecule has 3 atom stereocenters. The predicted molar refractivity (Wildman–Crippen MR) is 95.2 cm³/mol. The maximum atomic E-state index is 12.4. The molecule has 0 unspecified atom stereocenters. The fourth-order valence-corrected chi connectivity index (χ4v) is 4.16. The van der Waals surface area contributed by atoms with Gasteiger partial charge in [-0.3, -0.25) is 4.79 Å². The van der Waals surface area contributed by atoms with Crippen LogP contribution >= 0.6 is 0 Å². The summed E-state index contributed by atoms with van der Waals surface area (Å²) in [4.78, 5) is 13.7. The van der Waals surface area contributed by atoms with E-state index in [4.69, 9.17) is 4.74 Å². The third kappa shape index (κ3) is 4.37. The van der Waals surface area contributed by atoms with Crippen molar-refractivity contribution in [3.05, 3.63) is 34.9 Å². The molecule has 2 N–H and O–H groups in total. The Morgan fingerprint density at radius 3 is 2.58 bits per heavy atom. The zero-order chi connectivity index (χ0) is 17.1. The highest BCUT2D eigenvalue weighted by Crippen LogP contribution is 2.24. The molecule has 0 radical (unpaired) electrons. The molecule has 1 aliphatic carbocycles. The van der Waals surface area contributed by atoms with Crippen molar-refractivity contribution in [2.75, 3.05) is 19.6 Å². The maximum absolute atomic E-state index is 12.4. The quantitative estimate of drug-likeness (QED) is 0.877. The number of fused-ring (bicyclic) bond motifs is 1. The van der Waals surface area contributed by atoms with Gasteiger partial charge in [0.1, 0.15) is 25.3 Å². The number of benzene rings is 1. The smallest absolute Gasteiger partial charge is 0.275 e. The van der Waals surface area contributed by atoms with Gasteiger partial charge in [-0.1, -0.05) is 18.2 Å². The summed E-state index contributed by atoms with van der Waals surface area (Å²) in [7, 11) is 0. The van der Waals surface area contributed by atoms with Crippen LogP contribution < -0.4 is 10.2 Å². The number of rotatable bonds is 4. The van der Waals surface area contributed by atoms with Crippen LogP contribution in [0.25, 0.3) is 0 Å². The number of ether oxygens (including phenoxy) is 1. The number of morpholine rings is 1. The highest BCUT2D eigenvalue weighted by atomic mass is 16.5. The number of quaternary nitrogens is 1. The number of amides is 1. The Balaban J connectivity index is 1.56. The van der Waals surface area contributed by atoms with Crippen LogP contribution in [0, 0.1) is 0 Å². The monoisotopic (exact) mass is 331 g/mol. The summed E-state index contributed by atoms with van der Waals surface area (Å²) in [5, 5.41) is 3.18. The first-order chi connectivity index (χ1) is 11.5. The molecule has 1 aromatic carbocycles. The van der Waals surface area contributed by atoms with Crippen molar-refractivity contribution < 1.29 is 14.4 Å². The molecule has 1 fully saturated rings. The molecular formula is C20H31N2O2+. The lowest BCUT2D eigenvalue weighted by molar-refractivity contribution is -0.907. The highest BCUT2D eigenvalue weighted by Gasteiger charge is 2.27. The first-order valence-corrected chi connectivity index (χ1v) is 9.41. The van der Waals surface area contributed by atoms with E-state index in [-0.39, 0.29) is 24.2 Å². The fourth-order valence-electron chi connectivity index (χ4n) is 4.16. The minimum absolute atomic E-state index is 0.0695. The third-order valence-corrected chi connectivity index (χ3v) is 5.28. The van der Waals surface area contributed by atoms with Gasteiger partial charge < -0.3 is 15.0 Å². The van der Waals surface area contributed by atoms with Gasteiger partial charge in [0.15, 0.2) is 6.54 Å². The van der Waals surface area contributed by atoms with E-state index < -0.39 is 0 Å². The van der Waals surface area contributed by atoms with E-state index in [1.807, 2.05) is 0 Å². The van der Waals surface area contributed by atoms with Gasteiger partial charge >= 0.3 is 0 Å². The Labute approximate surface area is 145 Å². The number of aryl methyl sites for hydroxylation is 2. The number of nitrogens with one attached hydrogen (secondary N) is 2. The second-order valence-corrected chi connectivity index (χ2v) is 7.62. The standard InChI is InChI=1S/C20H30N2O2/c1-14-11-22(12-15(2)24-14)13-20(23)21-16(3)18-9-8-17-6-4-5-7-19(17)10-18/h8-10,14-16H,4-7,11-13H2,1-3H3,(H,21,23)/p+1/t14-,15-,16-/m0/s1. The van der Waals surface area contributed by atoms with Gasteiger partial charge in [-0.25, -0.2) is 0 Å². The third-order valence-electron chi connectivity index (χ3n) is 5.28. The zero-order valence-electron chi connectivity index (χ0n) is 15.2. The lowest BCUT2D eigenvalue weighted by Crippen LogP contribution is -3.16. The molecule has 3 rings (SSSR count). The Hall–Kier alpha value is -1.39. The van der Waals surface area contributed by atoms with E-state index in [1.54, 1.807) is 0 Å². The minimum atomic E-state index is 0.0695. The second kappa shape index (κ2) is 7.66. The van der Waals surface area contributed by atoms with Gasteiger partial charge in [0.2, 0.25) is 0 Å². The molecule has 1 aromatic rings. The van der Waals surface area contributed by atoms with Crippen molar-refractivity contribution >= 4 is 5.91 Å². The molecule has 4 nitrogen and oxygen atoms in total. The largest absolute Gasteiger partial charge is 0.364 e. The molecule has 1 saturated heterocycles. The number of carbonyl (C=O) groups excluding carboxylic acids is 1. The molecule has 24 heavy (non-hydrogen) atoms. The molecule has 0 saturated carbocycles. The predicted octanol–water partition coefficient (Wildman–Crippen LogP) is 1.43. The highest BCUT2D eigenvalue weighted by molar-refractivity contribution is 5.77. The molecule has 132 valence electrons. The first kappa shape index (κ1) is 17.4. The average molecular weight is 331 g/mol. The summed E-state index contributed by atoms with van der Waals surface area (Å²) in [6.07, 6.45) is 5.43. The number of hydrogen-bond donors (Lipinski definition) is 2. The van der Waals surface area contributed by atoms with Crippen LogP contribution in [0.4, 0.5) is 0 Å². The summed E-state index contributed by atoms with van der Waals surface area (Å²) in [5.41, 5.74) is 4.19. The van der Waals surface area contributed by atoms with Gasteiger partial charge in [-0.05, 0) is 63.1 Å². The normalized spacial score (nSPS) is 28.0. The molecule has 4 heteroatoms. The molecule has 1 aliphatic heterocycles. The summed E-state index contributed by atoms with van der Waals surface area (Å²) < 4.78 is 5.75. The van der Waals surface area contributed by atoms with Crippen LogP contribution in [-0.4, -0.2) is 37.7 Å². The molecule has 0 bridgehead atoms. The number of hydrogen-bond acceptors (Lipinski definition) is 2. The summed E-state index contributed by atoms with van der Waals surface area (Å²) >= 11 is 0. The molecule has 0 spiro atoms. The van der Waals surface area contributed by atoms with E-state index in [2.05, 4.69) is 44.3 Å². The molecular weight excluding hydrogens is 300 g/mol.